The van der Waals surface area contributed by atoms with E-state index < -0.39 is 0 Å². The lowest BCUT2D eigenvalue weighted by atomic mass is 10.1. The van der Waals surface area contributed by atoms with E-state index in [2.05, 4.69) is 15.7 Å². The molecule has 180 valence electrons. The van der Waals surface area contributed by atoms with Crippen LogP contribution in [0.15, 0.2) is 24.3 Å². The fraction of sp³-hybridized carbons (Fsp3) is 0.400. The second-order valence-corrected chi connectivity index (χ2v) is 10.3. The van der Waals surface area contributed by atoms with Gasteiger partial charge in [0.05, 0.1) is 35.8 Å². The average Bonchev–Trinajstić information content (AvgIpc) is 3.15. The third kappa shape index (κ3) is 5.29. The van der Waals surface area contributed by atoms with Crippen molar-refractivity contribution < 1.29 is 9.53 Å². The molecule has 0 unspecified atom stereocenters. The molecule has 9 heteroatoms. The van der Waals surface area contributed by atoms with Gasteiger partial charge in [-0.1, -0.05) is 36.2 Å². The lowest BCUT2D eigenvalue weighted by molar-refractivity contribution is 0.0527. The van der Waals surface area contributed by atoms with E-state index in [1.807, 2.05) is 49.7 Å². The maximum atomic E-state index is 12.8. The maximum absolute atomic E-state index is 12.8. The number of aryl methyl sites for hydroxylation is 2. The molecule has 34 heavy (non-hydrogen) atoms. The van der Waals surface area contributed by atoms with Crippen LogP contribution in [0.2, 0.25) is 5.02 Å². The number of halogens is 1. The van der Waals surface area contributed by atoms with E-state index in [1.54, 1.807) is 11.3 Å². The molecule has 0 atom stereocenters. The van der Waals surface area contributed by atoms with E-state index in [-0.39, 0.29) is 5.97 Å². The van der Waals surface area contributed by atoms with Gasteiger partial charge in [0.2, 0.25) is 0 Å². The van der Waals surface area contributed by atoms with Gasteiger partial charge in [0.15, 0.2) is 5.11 Å². The molecule has 0 fully saturated rings. The molecule has 0 saturated heterocycles. The second-order valence-electron chi connectivity index (χ2n) is 8.36. The van der Waals surface area contributed by atoms with Crippen molar-refractivity contribution in [3.05, 3.63) is 62.2 Å². The molecule has 2 heterocycles. The summed E-state index contributed by atoms with van der Waals surface area (Å²) >= 11 is 13.6. The summed E-state index contributed by atoms with van der Waals surface area (Å²) in [6, 6.07) is 7.76. The molecule has 0 radical (unpaired) electrons. The molecular weight excluding hydrogens is 488 g/mol. The second kappa shape index (κ2) is 10.9. The highest BCUT2D eigenvalue weighted by atomic mass is 35.5. The summed E-state index contributed by atoms with van der Waals surface area (Å²) in [6.07, 6.45) is 5.29. The van der Waals surface area contributed by atoms with E-state index >= 15 is 0 Å². The van der Waals surface area contributed by atoms with Crippen molar-refractivity contribution in [2.75, 3.05) is 17.2 Å². The minimum absolute atomic E-state index is 0.285. The Morgan fingerprint density at radius 2 is 1.97 bits per heavy atom. The largest absolute Gasteiger partial charge is 0.462 e. The third-order valence-electron chi connectivity index (χ3n) is 6.03. The SMILES string of the molecule is CCOC(=O)c1c(NC(=S)Nc2c(C)nn(Cc3ccccc3Cl)c2C)sc2c1CCCCC2. The lowest BCUT2D eigenvalue weighted by Crippen LogP contribution is -2.21. The zero-order valence-corrected chi connectivity index (χ0v) is 22.1. The molecule has 1 aliphatic rings. The van der Waals surface area contributed by atoms with Gasteiger partial charge in [-0.15, -0.1) is 11.3 Å². The number of anilines is 2. The van der Waals surface area contributed by atoms with Gasteiger partial charge in [-0.05, 0) is 75.9 Å². The van der Waals surface area contributed by atoms with Crippen molar-refractivity contribution in [3.8, 4) is 0 Å². The highest BCUT2D eigenvalue weighted by Gasteiger charge is 2.26. The summed E-state index contributed by atoms with van der Waals surface area (Å²) in [6.45, 7) is 6.68. The summed E-state index contributed by atoms with van der Waals surface area (Å²) in [4.78, 5) is 14.1. The number of fused-ring (bicyclic) bond motifs is 1. The molecule has 0 amide bonds. The van der Waals surface area contributed by atoms with Crippen LogP contribution in [0, 0.1) is 13.8 Å². The molecule has 0 spiro atoms. The zero-order chi connectivity index (χ0) is 24.2. The van der Waals surface area contributed by atoms with Crippen molar-refractivity contribution in [3.63, 3.8) is 0 Å². The summed E-state index contributed by atoms with van der Waals surface area (Å²) in [5.41, 5.74) is 5.39. The van der Waals surface area contributed by atoms with Gasteiger partial charge >= 0.3 is 5.97 Å². The number of ether oxygens (including phenoxy) is 1. The van der Waals surface area contributed by atoms with Crippen LogP contribution in [0.1, 0.15) is 63.9 Å². The van der Waals surface area contributed by atoms with E-state index in [4.69, 9.17) is 28.6 Å². The normalized spacial score (nSPS) is 13.2. The van der Waals surface area contributed by atoms with Crippen LogP contribution in [0.3, 0.4) is 0 Å². The predicted octanol–water partition coefficient (Wildman–Crippen LogP) is 6.52. The lowest BCUT2D eigenvalue weighted by Gasteiger charge is -2.12. The van der Waals surface area contributed by atoms with Crippen molar-refractivity contribution in [2.45, 2.75) is 59.4 Å². The van der Waals surface area contributed by atoms with Crippen LogP contribution < -0.4 is 10.6 Å². The first-order chi connectivity index (χ1) is 16.4. The van der Waals surface area contributed by atoms with E-state index in [0.717, 1.165) is 58.9 Å². The Bertz CT molecular complexity index is 1220. The van der Waals surface area contributed by atoms with Gasteiger partial charge in [0.1, 0.15) is 5.00 Å². The van der Waals surface area contributed by atoms with Crippen LogP contribution in [-0.2, 0) is 24.1 Å². The number of thiocarbonyl (C=S) groups is 1. The topological polar surface area (TPSA) is 68.2 Å². The van der Waals surface area contributed by atoms with Gasteiger partial charge < -0.3 is 15.4 Å². The number of carbonyl (C=O) groups excluding carboxylic acids is 1. The van der Waals surface area contributed by atoms with Crippen LogP contribution in [0.5, 0.6) is 0 Å². The highest BCUT2D eigenvalue weighted by Crippen LogP contribution is 2.38. The van der Waals surface area contributed by atoms with Gasteiger partial charge in [-0.2, -0.15) is 5.10 Å². The van der Waals surface area contributed by atoms with Crippen LogP contribution >= 0.6 is 35.2 Å². The van der Waals surface area contributed by atoms with Gasteiger partial charge in [0.25, 0.3) is 0 Å². The maximum Gasteiger partial charge on any atom is 0.341 e. The Morgan fingerprint density at radius 3 is 2.74 bits per heavy atom. The summed E-state index contributed by atoms with van der Waals surface area (Å²) < 4.78 is 7.30. The number of nitrogens with one attached hydrogen (secondary N) is 2. The minimum atomic E-state index is -0.285. The Labute approximate surface area is 214 Å². The van der Waals surface area contributed by atoms with Gasteiger partial charge in [-0.25, -0.2) is 4.79 Å². The molecule has 0 aliphatic heterocycles. The molecule has 0 bridgehead atoms. The first kappa shape index (κ1) is 24.7. The van der Waals surface area contributed by atoms with Crippen LogP contribution in [0.4, 0.5) is 10.7 Å². The molecule has 0 saturated carbocycles. The number of nitrogens with zero attached hydrogens (tertiary/aromatic N) is 2. The Balaban J connectivity index is 1.55. The molecular formula is C25H29ClN4O2S2. The quantitative estimate of drug-likeness (QED) is 0.221. The fourth-order valence-corrected chi connectivity index (χ4v) is 6.06. The number of aromatic nitrogens is 2. The number of benzene rings is 1. The Hall–Kier alpha value is -2.42. The monoisotopic (exact) mass is 516 g/mol. The first-order valence-corrected chi connectivity index (χ1v) is 13.2. The minimum Gasteiger partial charge on any atom is -0.462 e. The standard InChI is InChI=1S/C25H29ClN4O2S2/c1-4-32-24(31)21-18-11-6-5-7-13-20(18)34-23(21)28-25(33)27-22-15(2)29-30(16(22)3)14-17-10-8-9-12-19(17)26/h8-10,12H,4-7,11,13-14H2,1-3H3,(H2,27,28,33). The first-order valence-electron chi connectivity index (χ1n) is 11.6. The fourth-order valence-electron chi connectivity index (χ4n) is 4.32. The summed E-state index contributed by atoms with van der Waals surface area (Å²) in [5, 5.41) is 13.1. The van der Waals surface area contributed by atoms with E-state index in [9.17, 15) is 4.79 Å². The average molecular weight is 517 g/mol. The van der Waals surface area contributed by atoms with Crippen molar-refractivity contribution >= 4 is 56.9 Å². The van der Waals surface area contributed by atoms with Gasteiger partial charge in [0, 0.05) is 9.90 Å². The molecule has 6 nitrogen and oxygen atoms in total. The molecule has 2 aromatic heterocycles. The number of thiophene rings is 1. The number of hydrogen-bond donors (Lipinski definition) is 2. The number of rotatable bonds is 6. The third-order valence-corrected chi connectivity index (χ3v) is 7.81. The Morgan fingerprint density at radius 1 is 1.21 bits per heavy atom. The zero-order valence-electron chi connectivity index (χ0n) is 19.7. The molecule has 4 rings (SSSR count). The summed E-state index contributed by atoms with van der Waals surface area (Å²) in [7, 11) is 0. The highest BCUT2D eigenvalue weighted by molar-refractivity contribution is 7.80. The van der Waals surface area contributed by atoms with E-state index in [1.165, 1.54) is 11.3 Å². The molecule has 3 aromatic rings. The van der Waals surface area contributed by atoms with Crippen LogP contribution in [-0.4, -0.2) is 27.5 Å². The molecule has 2 N–H and O–H groups in total. The molecule has 1 aliphatic carbocycles. The number of hydrogen-bond acceptors (Lipinski definition) is 5. The number of carbonyl (C=O) groups is 1. The summed E-state index contributed by atoms with van der Waals surface area (Å²) in [5.74, 6) is -0.285. The molecule has 1 aromatic carbocycles. The predicted molar refractivity (Wildman–Crippen MR) is 144 cm³/mol. The van der Waals surface area contributed by atoms with E-state index in [0.29, 0.717) is 28.9 Å². The Kier molecular flexibility index (Phi) is 7.91. The van der Waals surface area contributed by atoms with Crippen LogP contribution in [0.25, 0.3) is 0 Å². The smallest absolute Gasteiger partial charge is 0.341 e. The van der Waals surface area contributed by atoms with Crippen molar-refractivity contribution in [2.24, 2.45) is 0 Å². The van der Waals surface area contributed by atoms with Gasteiger partial charge in [-0.3, -0.25) is 4.68 Å². The number of esters is 1. The van der Waals surface area contributed by atoms with Crippen molar-refractivity contribution in [1.82, 2.24) is 9.78 Å². The van der Waals surface area contributed by atoms with Crippen molar-refractivity contribution in [1.29, 1.82) is 0 Å².